The number of phenolic OH excluding ortho intramolecular Hbond substituents is 2. The zero-order valence-corrected chi connectivity index (χ0v) is 18.9. The van der Waals surface area contributed by atoms with Crippen LogP contribution in [-0.4, -0.2) is 24.3 Å². The van der Waals surface area contributed by atoms with Gasteiger partial charge in [0.05, 0.1) is 16.5 Å². The van der Waals surface area contributed by atoms with Gasteiger partial charge in [-0.2, -0.15) is 10.9 Å². The van der Waals surface area contributed by atoms with E-state index in [1.165, 1.54) is 24.7 Å². The Hall–Kier alpha value is -2.23. The first kappa shape index (κ1) is 20.1. The first-order chi connectivity index (χ1) is 13.7. The van der Waals surface area contributed by atoms with E-state index in [1.54, 1.807) is 6.08 Å². The highest BCUT2D eigenvalue weighted by Crippen LogP contribution is 2.59. The van der Waals surface area contributed by atoms with Gasteiger partial charge >= 0.3 is 5.69 Å². The number of pyridine rings is 1. The lowest BCUT2D eigenvalue weighted by Gasteiger charge is -2.20. The van der Waals surface area contributed by atoms with Gasteiger partial charge in [0.2, 0.25) is 0 Å². The van der Waals surface area contributed by atoms with Crippen LogP contribution in [0.2, 0.25) is 0 Å². The molecule has 0 fully saturated rings. The molecule has 0 saturated carbocycles. The highest BCUT2D eigenvalue weighted by Gasteiger charge is 2.26. The van der Waals surface area contributed by atoms with Crippen molar-refractivity contribution in [3.05, 3.63) is 52.9 Å². The van der Waals surface area contributed by atoms with Crippen LogP contribution in [0.1, 0.15) is 12.6 Å². The molecular formula is C19H17BrClN3O4S. The maximum absolute atomic E-state index is 12.9. The molecule has 3 aromatic rings. The van der Waals surface area contributed by atoms with Gasteiger partial charge in [0, 0.05) is 33.2 Å². The molecule has 1 aromatic carbocycles. The molecule has 1 aliphatic rings. The van der Waals surface area contributed by atoms with Gasteiger partial charge in [-0.15, -0.1) is 0 Å². The average Bonchev–Trinajstić information content (AvgIpc) is 3.03. The largest absolute Gasteiger partial charge is 0.507 e. The third kappa shape index (κ3) is 2.83. The molecule has 1 aliphatic heterocycles. The summed E-state index contributed by atoms with van der Waals surface area (Å²) in [5, 5.41) is 25.0. The molecule has 1 atom stereocenters. The number of halogens is 2. The van der Waals surface area contributed by atoms with Gasteiger partial charge in [-0.25, -0.2) is 9.78 Å². The fourth-order valence-corrected chi connectivity index (χ4v) is 7.01. The van der Waals surface area contributed by atoms with Gasteiger partial charge in [0.25, 0.3) is 5.56 Å². The molecule has 0 amide bonds. The second-order valence-corrected chi connectivity index (χ2v) is 10.5. The minimum absolute atomic E-state index is 0.0565. The number of benzene rings is 1. The third-order valence-electron chi connectivity index (χ3n) is 5.01. The Labute approximate surface area is 181 Å². The van der Waals surface area contributed by atoms with Crippen LogP contribution in [-0.2, 0) is 20.5 Å². The number of rotatable bonds is 2. The molecule has 0 spiro atoms. The molecule has 152 valence electrons. The van der Waals surface area contributed by atoms with Gasteiger partial charge in [0.1, 0.15) is 17.1 Å². The van der Waals surface area contributed by atoms with Crippen LogP contribution in [0.4, 0.5) is 0 Å². The highest BCUT2D eigenvalue weighted by molar-refractivity contribution is 9.14. The van der Waals surface area contributed by atoms with Crippen molar-refractivity contribution in [1.82, 2.24) is 14.1 Å². The van der Waals surface area contributed by atoms with Gasteiger partial charge in [0.15, 0.2) is 0 Å². The summed E-state index contributed by atoms with van der Waals surface area (Å²) < 4.78 is 3.03. The van der Waals surface area contributed by atoms with E-state index < -0.39 is 22.1 Å². The van der Waals surface area contributed by atoms with E-state index in [9.17, 15) is 19.8 Å². The molecule has 1 unspecified atom stereocenters. The number of aromatic nitrogens is 3. The Morgan fingerprint density at radius 1 is 1.17 bits per heavy atom. The van der Waals surface area contributed by atoms with Crippen LogP contribution in [0.3, 0.4) is 0 Å². The van der Waals surface area contributed by atoms with Crippen molar-refractivity contribution in [3.63, 3.8) is 0 Å². The van der Waals surface area contributed by atoms with E-state index in [0.717, 1.165) is 8.38 Å². The van der Waals surface area contributed by atoms with Crippen LogP contribution >= 0.6 is 38.4 Å². The number of aryl methyl sites for hydroxylation is 2. The number of hydrogen-bond donors (Lipinski definition) is 3. The smallest absolute Gasteiger partial charge is 0.332 e. The number of fused-ring (bicyclic) bond motifs is 3. The molecule has 3 heterocycles. The van der Waals surface area contributed by atoms with Crippen molar-refractivity contribution >= 4 is 60.2 Å². The molecule has 0 radical (unpaired) electrons. The molecule has 4 rings (SSSR count). The Bertz CT molecular complexity index is 1410. The Kier molecular flexibility index (Phi) is 4.79. The summed E-state index contributed by atoms with van der Waals surface area (Å²) in [6.07, 6.45) is 2.18. The topological polar surface area (TPSA) is 97.4 Å². The zero-order valence-electron chi connectivity index (χ0n) is 15.7. The Balaban J connectivity index is 2.25. The number of nitrogens with zero attached hydrogens (tertiary/aromatic N) is 3. The summed E-state index contributed by atoms with van der Waals surface area (Å²) in [6.45, 7) is 1.85. The van der Waals surface area contributed by atoms with Crippen molar-refractivity contribution in [2.75, 3.05) is 0 Å². The van der Waals surface area contributed by atoms with Crippen LogP contribution in [0, 0.1) is 0 Å². The molecule has 7 nitrogen and oxygen atoms in total. The van der Waals surface area contributed by atoms with Crippen molar-refractivity contribution in [3.8, 4) is 11.5 Å². The summed E-state index contributed by atoms with van der Waals surface area (Å²) in [5.74, 6) is -0.219. The van der Waals surface area contributed by atoms with E-state index in [1.807, 2.05) is 12.3 Å². The zero-order chi connectivity index (χ0) is 21.2. The summed E-state index contributed by atoms with van der Waals surface area (Å²) in [5.41, 5.74) is -0.448. The van der Waals surface area contributed by atoms with Crippen LogP contribution in [0.15, 0.2) is 40.9 Å². The Morgan fingerprint density at radius 2 is 1.86 bits per heavy atom. The van der Waals surface area contributed by atoms with E-state index in [-0.39, 0.29) is 27.9 Å². The van der Waals surface area contributed by atoms with Crippen molar-refractivity contribution in [1.29, 1.82) is 0 Å². The predicted molar refractivity (Wildman–Crippen MR) is 121 cm³/mol. The van der Waals surface area contributed by atoms with Crippen LogP contribution in [0.5, 0.6) is 11.5 Å². The molecule has 10 heteroatoms. The summed E-state index contributed by atoms with van der Waals surface area (Å²) in [6, 6.07) is 1.45. The first-order valence-corrected chi connectivity index (χ1v) is 11.3. The fraction of sp³-hybridized carbons (Fsp3) is 0.211. The normalized spacial score (nSPS) is 17.8. The van der Waals surface area contributed by atoms with Gasteiger partial charge in [-0.3, -0.25) is 13.9 Å². The highest BCUT2D eigenvalue weighted by atomic mass is 79.9. The van der Waals surface area contributed by atoms with Crippen molar-refractivity contribution in [2.24, 2.45) is 14.1 Å². The van der Waals surface area contributed by atoms with E-state index >= 15 is 0 Å². The van der Waals surface area contributed by atoms with Crippen molar-refractivity contribution < 1.29 is 10.2 Å². The van der Waals surface area contributed by atoms with Gasteiger partial charge in [-0.05, 0) is 39.9 Å². The molecule has 0 aliphatic carbocycles. The van der Waals surface area contributed by atoms with Gasteiger partial charge < -0.3 is 10.2 Å². The standard InChI is InChI=1S/C19H17BrClN3O4S/c1-4-9-13-14(15-17(22-9)23(2)19(28)24(3)18(15)27)10(25)6-11(16(13)26)29-7-8(21)5-12(29)20/h5-7,25-26,29H,4H2,1-3H3. The number of phenols is 2. The molecule has 0 saturated heterocycles. The fourth-order valence-electron chi connectivity index (χ4n) is 3.58. The molecule has 2 N–H and O–H groups in total. The number of aromatic hydroxyl groups is 2. The van der Waals surface area contributed by atoms with E-state index in [4.69, 9.17) is 11.6 Å². The lowest BCUT2D eigenvalue weighted by atomic mass is 10.0. The maximum Gasteiger partial charge on any atom is 0.332 e. The molecule has 2 aromatic heterocycles. The van der Waals surface area contributed by atoms with E-state index in [2.05, 4.69) is 20.9 Å². The summed E-state index contributed by atoms with van der Waals surface area (Å²) >= 11 is 9.58. The summed E-state index contributed by atoms with van der Waals surface area (Å²) in [7, 11) is 1.76. The second kappa shape index (κ2) is 6.93. The lowest BCUT2D eigenvalue weighted by Crippen LogP contribution is -2.37. The third-order valence-corrected chi connectivity index (χ3v) is 8.74. The Morgan fingerprint density at radius 3 is 2.45 bits per heavy atom. The maximum atomic E-state index is 12.9. The number of thiol groups is 1. The number of hydrogen-bond acceptors (Lipinski definition) is 5. The molecule has 0 bridgehead atoms. The van der Waals surface area contributed by atoms with Gasteiger partial charge in [-0.1, -0.05) is 18.5 Å². The SMILES string of the molecule is CCc1nc2c(c(=O)n(C)c(=O)n2C)c2c(O)cc([SH]3C=C(Cl)C=C3Br)c(O)c12. The van der Waals surface area contributed by atoms with E-state index in [0.29, 0.717) is 27.4 Å². The lowest BCUT2D eigenvalue weighted by molar-refractivity contribution is 0.458. The van der Waals surface area contributed by atoms with Crippen LogP contribution < -0.4 is 11.2 Å². The minimum Gasteiger partial charge on any atom is -0.507 e. The second-order valence-electron chi connectivity index (χ2n) is 6.68. The first-order valence-electron chi connectivity index (χ1n) is 8.68. The molecule has 29 heavy (non-hydrogen) atoms. The monoisotopic (exact) mass is 497 g/mol. The number of allylic oxidation sites excluding steroid dienone is 2. The summed E-state index contributed by atoms with van der Waals surface area (Å²) in [4.78, 5) is 30.2. The quantitative estimate of drug-likeness (QED) is 0.286. The van der Waals surface area contributed by atoms with Crippen LogP contribution in [0.25, 0.3) is 21.8 Å². The average molecular weight is 499 g/mol. The minimum atomic E-state index is -1.13. The molecular weight excluding hydrogens is 482 g/mol. The van der Waals surface area contributed by atoms with Crippen molar-refractivity contribution in [2.45, 2.75) is 18.2 Å². The predicted octanol–water partition coefficient (Wildman–Crippen LogP) is 3.45.